The summed E-state index contributed by atoms with van der Waals surface area (Å²) in [5.74, 6) is -0.268. The fraction of sp³-hybridized carbons (Fsp3) is 0.318. The maximum atomic E-state index is 12.8. The number of carbonyl (C=O) groups is 1. The van der Waals surface area contributed by atoms with E-state index in [-0.39, 0.29) is 22.5 Å². The van der Waals surface area contributed by atoms with Gasteiger partial charge >= 0.3 is 5.97 Å². The minimum atomic E-state index is -3.81. The number of rotatable bonds is 6. The molecule has 0 amide bonds. The molecule has 0 atom stereocenters. The summed E-state index contributed by atoms with van der Waals surface area (Å²) >= 11 is 0. The minimum Gasteiger partial charge on any atom is -0.465 e. The quantitative estimate of drug-likeness (QED) is 0.579. The van der Waals surface area contributed by atoms with Gasteiger partial charge in [-0.3, -0.25) is 4.72 Å². The molecular formula is C22H25NO6S. The predicted molar refractivity (Wildman–Crippen MR) is 114 cm³/mol. The highest BCUT2D eigenvalue weighted by molar-refractivity contribution is 7.92. The Labute approximate surface area is 176 Å². The van der Waals surface area contributed by atoms with E-state index in [9.17, 15) is 13.2 Å². The van der Waals surface area contributed by atoms with Crippen molar-refractivity contribution in [1.29, 1.82) is 0 Å². The average molecular weight is 432 g/mol. The lowest BCUT2D eigenvalue weighted by atomic mass is 9.87. The zero-order chi connectivity index (χ0) is 22.1. The number of furan rings is 1. The molecule has 1 N–H and O–H groups in total. The smallest absolute Gasteiger partial charge is 0.342 e. The summed E-state index contributed by atoms with van der Waals surface area (Å²) in [6, 6.07) is 11.5. The molecule has 30 heavy (non-hydrogen) atoms. The van der Waals surface area contributed by atoms with E-state index in [4.69, 9.17) is 13.9 Å². The van der Waals surface area contributed by atoms with E-state index in [1.54, 1.807) is 42.5 Å². The molecule has 3 aromatic rings. The van der Waals surface area contributed by atoms with E-state index in [1.807, 2.05) is 0 Å². The van der Waals surface area contributed by atoms with Crippen LogP contribution in [0.3, 0.4) is 0 Å². The molecule has 0 radical (unpaired) electrons. The van der Waals surface area contributed by atoms with Crippen LogP contribution in [0.4, 0.5) is 5.69 Å². The van der Waals surface area contributed by atoms with Gasteiger partial charge in [0.15, 0.2) is 0 Å². The van der Waals surface area contributed by atoms with Crippen LogP contribution >= 0.6 is 0 Å². The fourth-order valence-corrected chi connectivity index (χ4v) is 4.17. The number of anilines is 1. The van der Waals surface area contributed by atoms with Gasteiger partial charge in [0.2, 0.25) is 0 Å². The Kier molecular flexibility index (Phi) is 5.92. The van der Waals surface area contributed by atoms with Gasteiger partial charge in [-0.05, 0) is 41.3 Å². The van der Waals surface area contributed by atoms with Crippen molar-refractivity contribution >= 4 is 32.6 Å². The second-order valence-corrected chi connectivity index (χ2v) is 9.60. The number of carbonyl (C=O) groups excluding carboxylic acids is 1. The number of hydrogen-bond acceptors (Lipinski definition) is 6. The van der Waals surface area contributed by atoms with E-state index in [0.29, 0.717) is 22.4 Å². The van der Waals surface area contributed by atoms with Gasteiger partial charge in [0.1, 0.15) is 23.5 Å². The van der Waals surface area contributed by atoms with Gasteiger partial charge in [-0.15, -0.1) is 0 Å². The molecule has 2 aromatic carbocycles. The number of ether oxygens (including phenoxy) is 2. The van der Waals surface area contributed by atoms with Gasteiger partial charge in [0.05, 0.1) is 12.0 Å². The first-order valence-corrected chi connectivity index (χ1v) is 10.8. The van der Waals surface area contributed by atoms with Crippen molar-refractivity contribution in [2.75, 3.05) is 18.9 Å². The Balaban J connectivity index is 1.97. The normalized spacial score (nSPS) is 12.2. The zero-order valence-electron chi connectivity index (χ0n) is 17.6. The molecule has 1 heterocycles. The van der Waals surface area contributed by atoms with Crippen LogP contribution in [0.5, 0.6) is 0 Å². The molecule has 0 aliphatic rings. The summed E-state index contributed by atoms with van der Waals surface area (Å²) in [5, 5.41) is 0.442. The van der Waals surface area contributed by atoms with Crippen LogP contribution in [0.15, 0.2) is 51.8 Å². The molecule has 0 aliphatic carbocycles. The van der Waals surface area contributed by atoms with Crippen LogP contribution in [-0.2, 0) is 31.5 Å². The number of nitrogens with one attached hydrogen (secondary N) is 1. The number of fused-ring (bicyclic) bond motifs is 1. The van der Waals surface area contributed by atoms with E-state index < -0.39 is 16.0 Å². The highest BCUT2D eigenvalue weighted by atomic mass is 32.2. The van der Waals surface area contributed by atoms with Crippen LogP contribution in [0.1, 0.15) is 42.5 Å². The molecule has 3 rings (SSSR count). The minimum absolute atomic E-state index is 0.0771. The van der Waals surface area contributed by atoms with Gasteiger partial charge in [-0.1, -0.05) is 32.9 Å². The number of methoxy groups -OCH3 is 2. The van der Waals surface area contributed by atoms with Crippen molar-refractivity contribution < 1.29 is 27.1 Å². The van der Waals surface area contributed by atoms with E-state index in [2.05, 4.69) is 25.5 Å². The third-order valence-corrected chi connectivity index (χ3v) is 6.11. The summed E-state index contributed by atoms with van der Waals surface area (Å²) in [4.78, 5) is 12.4. The molecule has 0 spiro atoms. The Hall–Kier alpha value is -2.84. The van der Waals surface area contributed by atoms with Crippen molar-refractivity contribution in [3.05, 3.63) is 59.4 Å². The molecule has 160 valence electrons. The van der Waals surface area contributed by atoms with Crippen molar-refractivity contribution in [1.82, 2.24) is 0 Å². The van der Waals surface area contributed by atoms with Crippen LogP contribution in [0.25, 0.3) is 11.0 Å². The van der Waals surface area contributed by atoms with Crippen molar-refractivity contribution in [3.63, 3.8) is 0 Å². The van der Waals surface area contributed by atoms with Crippen LogP contribution in [0.2, 0.25) is 0 Å². The summed E-state index contributed by atoms with van der Waals surface area (Å²) in [5.41, 5.74) is 1.91. The molecule has 0 saturated heterocycles. The first kappa shape index (κ1) is 21.9. The molecule has 1 aromatic heterocycles. The van der Waals surface area contributed by atoms with Crippen LogP contribution in [-0.4, -0.2) is 28.6 Å². The first-order chi connectivity index (χ1) is 14.1. The highest BCUT2D eigenvalue weighted by Crippen LogP contribution is 2.31. The van der Waals surface area contributed by atoms with Crippen molar-refractivity contribution in [3.8, 4) is 0 Å². The maximum Gasteiger partial charge on any atom is 0.342 e. The lowest BCUT2D eigenvalue weighted by Gasteiger charge is -2.19. The van der Waals surface area contributed by atoms with Gasteiger partial charge in [0.25, 0.3) is 10.0 Å². The van der Waals surface area contributed by atoms with E-state index in [1.165, 1.54) is 14.2 Å². The Morgan fingerprint density at radius 2 is 1.73 bits per heavy atom. The number of benzene rings is 2. The summed E-state index contributed by atoms with van der Waals surface area (Å²) in [7, 11) is -1.05. The SMILES string of the molecule is COCc1oc2ccc(NS(=O)(=O)c3ccc(C(C)(C)C)cc3)cc2c1C(=O)OC. The molecule has 7 nitrogen and oxygen atoms in total. The van der Waals surface area contributed by atoms with Gasteiger partial charge < -0.3 is 13.9 Å². The number of esters is 1. The zero-order valence-corrected chi connectivity index (χ0v) is 18.4. The van der Waals surface area contributed by atoms with Crippen LogP contribution < -0.4 is 4.72 Å². The van der Waals surface area contributed by atoms with Gasteiger partial charge in [-0.2, -0.15) is 0 Å². The summed E-state index contributed by atoms with van der Waals surface area (Å²) < 4.78 is 43.8. The molecule has 0 fully saturated rings. The Morgan fingerprint density at radius 1 is 1.07 bits per heavy atom. The molecule has 8 heteroatoms. The average Bonchev–Trinajstić information content (AvgIpc) is 3.04. The number of hydrogen-bond donors (Lipinski definition) is 1. The second-order valence-electron chi connectivity index (χ2n) is 7.92. The van der Waals surface area contributed by atoms with Crippen molar-refractivity contribution in [2.24, 2.45) is 0 Å². The molecule has 0 bridgehead atoms. The van der Waals surface area contributed by atoms with Gasteiger partial charge in [-0.25, -0.2) is 13.2 Å². The topological polar surface area (TPSA) is 94.8 Å². The monoisotopic (exact) mass is 431 g/mol. The third kappa shape index (κ3) is 4.34. The maximum absolute atomic E-state index is 12.8. The second kappa shape index (κ2) is 8.12. The van der Waals surface area contributed by atoms with E-state index in [0.717, 1.165) is 5.56 Å². The van der Waals surface area contributed by atoms with E-state index >= 15 is 0 Å². The summed E-state index contributed by atoms with van der Waals surface area (Å²) in [6.07, 6.45) is 0. The third-order valence-electron chi connectivity index (χ3n) is 4.71. The molecule has 0 aliphatic heterocycles. The lowest BCUT2D eigenvalue weighted by Crippen LogP contribution is -2.15. The predicted octanol–water partition coefficient (Wildman–Crippen LogP) is 4.46. The first-order valence-electron chi connectivity index (χ1n) is 9.33. The Bertz CT molecular complexity index is 1170. The van der Waals surface area contributed by atoms with Crippen LogP contribution in [0, 0.1) is 0 Å². The number of sulfonamides is 1. The molecular weight excluding hydrogens is 406 g/mol. The molecule has 0 unspecified atom stereocenters. The fourth-order valence-electron chi connectivity index (χ4n) is 3.12. The molecule has 0 saturated carbocycles. The van der Waals surface area contributed by atoms with Gasteiger partial charge in [0, 0.05) is 18.2 Å². The Morgan fingerprint density at radius 3 is 2.30 bits per heavy atom. The summed E-state index contributed by atoms with van der Waals surface area (Å²) in [6.45, 7) is 6.27. The highest BCUT2D eigenvalue weighted by Gasteiger charge is 2.23. The lowest BCUT2D eigenvalue weighted by molar-refractivity contribution is 0.0594. The largest absolute Gasteiger partial charge is 0.465 e. The standard InChI is InChI=1S/C22H25NO6S/c1-22(2,3)14-6-9-16(10-7-14)30(25,26)23-15-8-11-18-17(12-15)20(21(24)28-5)19(29-18)13-27-4/h6-12,23H,13H2,1-5H3. The van der Waals surface area contributed by atoms with Crippen molar-refractivity contribution in [2.45, 2.75) is 37.7 Å².